The van der Waals surface area contributed by atoms with Crippen molar-refractivity contribution < 1.29 is 18.0 Å². The zero-order valence-corrected chi connectivity index (χ0v) is 20.8. The molecule has 34 heavy (non-hydrogen) atoms. The minimum absolute atomic E-state index is 0.0965. The molecule has 182 valence electrons. The summed E-state index contributed by atoms with van der Waals surface area (Å²) < 4.78 is 33.8. The van der Waals surface area contributed by atoms with E-state index in [9.17, 15) is 8.42 Å². The Morgan fingerprint density at radius 2 is 1.59 bits per heavy atom. The number of halogens is 2. The van der Waals surface area contributed by atoms with Crippen LogP contribution in [0.5, 0.6) is 0 Å². The Morgan fingerprint density at radius 3 is 2.29 bits per heavy atom. The first-order valence-corrected chi connectivity index (χ1v) is 12.9. The van der Waals surface area contributed by atoms with Crippen LogP contribution in [-0.4, -0.2) is 41.3 Å². The normalized spacial score (nSPS) is 11.4. The van der Waals surface area contributed by atoms with Gasteiger partial charge in [-0.25, -0.2) is 0 Å². The number of para-hydroxylation sites is 1. The van der Waals surface area contributed by atoms with Gasteiger partial charge in [-0.15, -0.1) is 4.47 Å². The van der Waals surface area contributed by atoms with Gasteiger partial charge in [-0.3, -0.25) is 4.84 Å². The molecule has 3 aromatic rings. The van der Waals surface area contributed by atoms with E-state index in [4.69, 9.17) is 38.5 Å². The van der Waals surface area contributed by atoms with Gasteiger partial charge in [-0.05, 0) is 66.6 Å². The largest absolute Gasteiger partial charge is 0.383 e. The number of nitrogens with zero attached hydrogens (tertiary/aromatic N) is 1. The van der Waals surface area contributed by atoms with E-state index in [0.717, 1.165) is 10.2 Å². The second-order valence-electron chi connectivity index (χ2n) is 7.24. The molecular weight excluding hydrogens is 497 g/mol. The van der Waals surface area contributed by atoms with Crippen LogP contribution in [0.15, 0.2) is 77.7 Å². The molecule has 0 bridgehead atoms. The van der Waals surface area contributed by atoms with E-state index in [-0.39, 0.29) is 11.5 Å². The Morgan fingerprint density at radius 1 is 0.882 bits per heavy atom. The first-order valence-electron chi connectivity index (χ1n) is 10.7. The molecule has 3 rings (SSSR count). The molecule has 0 amide bonds. The maximum absolute atomic E-state index is 13.7. The van der Waals surface area contributed by atoms with Gasteiger partial charge in [-0.1, -0.05) is 41.4 Å². The maximum atomic E-state index is 13.7. The summed E-state index contributed by atoms with van der Waals surface area (Å²) in [6.45, 7) is 1.57. The van der Waals surface area contributed by atoms with Gasteiger partial charge >= 0.3 is 0 Å². The molecule has 0 spiro atoms. The number of nitrogens with two attached hydrogens (primary N) is 1. The van der Waals surface area contributed by atoms with Gasteiger partial charge in [0.15, 0.2) is 0 Å². The topological polar surface area (TPSA) is 93.9 Å². The Kier molecular flexibility index (Phi) is 10.0. The zero-order valence-electron chi connectivity index (χ0n) is 18.5. The highest BCUT2D eigenvalue weighted by Crippen LogP contribution is 2.28. The van der Waals surface area contributed by atoms with Gasteiger partial charge in [0, 0.05) is 28.8 Å². The number of sulfonamides is 1. The predicted octanol–water partition coefficient (Wildman–Crippen LogP) is 4.75. The van der Waals surface area contributed by atoms with Crippen LogP contribution in [0.4, 0.5) is 11.4 Å². The van der Waals surface area contributed by atoms with Crippen LogP contribution in [0, 0.1) is 0 Å². The summed E-state index contributed by atoms with van der Waals surface area (Å²) in [5.74, 6) is 0. The molecule has 0 saturated carbocycles. The van der Waals surface area contributed by atoms with Crippen LogP contribution in [0.3, 0.4) is 0 Å². The Balaban J connectivity index is 1.80. The Bertz CT molecular complexity index is 1150. The third-order valence-electron chi connectivity index (χ3n) is 4.75. The minimum Gasteiger partial charge on any atom is -0.383 e. The van der Waals surface area contributed by atoms with E-state index in [1.165, 1.54) is 6.07 Å². The van der Waals surface area contributed by atoms with Crippen molar-refractivity contribution in [3.63, 3.8) is 0 Å². The predicted molar refractivity (Wildman–Crippen MR) is 137 cm³/mol. The summed E-state index contributed by atoms with van der Waals surface area (Å²) in [5, 5.41) is 4.25. The second-order valence-corrected chi connectivity index (χ2v) is 9.83. The lowest BCUT2D eigenvalue weighted by molar-refractivity contribution is 0.144. The van der Waals surface area contributed by atoms with Crippen molar-refractivity contribution in [2.24, 2.45) is 5.73 Å². The molecular formula is C24H27Cl2N3O4S. The van der Waals surface area contributed by atoms with Gasteiger partial charge in [0.1, 0.15) is 0 Å². The van der Waals surface area contributed by atoms with Crippen LogP contribution in [0.2, 0.25) is 10.0 Å². The molecule has 0 saturated heterocycles. The van der Waals surface area contributed by atoms with E-state index in [1.807, 2.05) is 12.1 Å². The quantitative estimate of drug-likeness (QED) is 0.248. The third kappa shape index (κ3) is 7.33. The summed E-state index contributed by atoms with van der Waals surface area (Å²) in [6, 6.07) is 20.5. The molecule has 0 radical (unpaired) electrons. The number of benzene rings is 3. The number of ether oxygens (including phenoxy) is 1. The van der Waals surface area contributed by atoms with Crippen molar-refractivity contribution >= 4 is 44.6 Å². The van der Waals surface area contributed by atoms with Crippen molar-refractivity contribution in [1.82, 2.24) is 0 Å². The van der Waals surface area contributed by atoms with E-state index < -0.39 is 10.0 Å². The summed E-state index contributed by atoms with van der Waals surface area (Å²) in [7, 11) is -4.07. The Hall–Kier alpha value is -2.33. The summed E-state index contributed by atoms with van der Waals surface area (Å²) in [6.07, 6.45) is 0.357. The fourth-order valence-corrected chi connectivity index (χ4v) is 5.02. The molecule has 0 fully saturated rings. The smallest absolute Gasteiger partial charge is 0.287 e. The zero-order chi connectivity index (χ0) is 24.4. The molecule has 0 heterocycles. The van der Waals surface area contributed by atoms with E-state index in [0.29, 0.717) is 54.0 Å². The van der Waals surface area contributed by atoms with Crippen molar-refractivity contribution in [2.45, 2.75) is 11.3 Å². The molecule has 10 heteroatoms. The highest BCUT2D eigenvalue weighted by molar-refractivity contribution is 7.92. The number of rotatable bonds is 13. The van der Waals surface area contributed by atoms with Crippen LogP contribution in [0.1, 0.15) is 5.56 Å². The van der Waals surface area contributed by atoms with Crippen molar-refractivity contribution in [1.29, 1.82) is 0 Å². The van der Waals surface area contributed by atoms with Crippen LogP contribution < -0.4 is 15.5 Å². The molecule has 0 aromatic heterocycles. The first kappa shape index (κ1) is 26.3. The van der Waals surface area contributed by atoms with Gasteiger partial charge < -0.3 is 15.8 Å². The van der Waals surface area contributed by atoms with E-state index in [1.54, 1.807) is 54.6 Å². The Labute approximate surface area is 210 Å². The monoisotopic (exact) mass is 523 g/mol. The second kappa shape index (κ2) is 12.9. The van der Waals surface area contributed by atoms with Crippen molar-refractivity contribution in [3.8, 4) is 0 Å². The minimum atomic E-state index is -4.07. The average Bonchev–Trinajstić information content (AvgIpc) is 2.83. The third-order valence-corrected chi connectivity index (χ3v) is 6.94. The van der Waals surface area contributed by atoms with E-state index in [2.05, 4.69) is 5.32 Å². The lowest BCUT2D eigenvalue weighted by Crippen LogP contribution is -2.33. The highest BCUT2D eigenvalue weighted by atomic mass is 35.5. The van der Waals surface area contributed by atoms with Gasteiger partial charge in [-0.2, -0.15) is 8.42 Å². The fraction of sp³-hybridized carbons (Fsp3) is 0.250. The van der Waals surface area contributed by atoms with Crippen LogP contribution >= 0.6 is 23.2 Å². The fourth-order valence-electron chi connectivity index (χ4n) is 3.18. The van der Waals surface area contributed by atoms with Gasteiger partial charge in [0.05, 0.1) is 30.4 Å². The summed E-state index contributed by atoms with van der Waals surface area (Å²) in [5.41, 5.74) is 7.23. The number of hydrogen-bond acceptors (Lipinski definition) is 6. The molecule has 0 aliphatic heterocycles. The highest BCUT2D eigenvalue weighted by Gasteiger charge is 2.29. The molecule has 3 aromatic carbocycles. The number of nitrogens with one attached hydrogen (secondary N) is 1. The summed E-state index contributed by atoms with van der Waals surface area (Å²) in [4.78, 5) is 5.90. The van der Waals surface area contributed by atoms with E-state index >= 15 is 0 Å². The molecule has 7 nitrogen and oxygen atoms in total. The average molecular weight is 524 g/mol. The number of hydrogen-bond donors (Lipinski definition) is 2. The number of anilines is 2. The summed E-state index contributed by atoms with van der Waals surface area (Å²) >= 11 is 12.1. The molecule has 3 N–H and O–H groups in total. The lowest BCUT2D eigenvalue weighted by Gasteiger charge is -2.25. The van der Waals surface area contributed by atoms with Crippen molar-refractivity contribution in [3.05, 3.63) is 88.4 Å². The molecule has 0 atom stereocenters. The van der Waals surface area contributed by atoms with Crippen molar-refractivity contribution in [2.75, 3.05) is 42.7 Å². The SMILES string of the molecule is NCCOCCc1cc(Cl)ccc1S(=O)(=O)N(OCCNc1ccc(Cl)cc1)c1ccccc1. The lowest BCUT2D eigenvalue weighted by atomic mass is 10.1. The molecule has 0 aliphatic carbocycles. The standard InChI is InChI=1S/C24H27Cl2N3O4S/c25-20-6-9-22(10-7-20)28-14-17-33-29(23-4-2-1-3-5-23)34(30,31)24-11-8-21(26)18-19(24)12-15-32-16-13-27/h1-11,18,28H,12-17,27H2. The van der Waals surface area contributed by atoms with Crippen LogP contribution in [-0.2, 0) is 26.0 Å². The molecule has 0 unspecified atom stereocenters. The van der Waals surface area contributed by atoms with Crippen LogP contribution in [0.25, 0.3) is 0 Å². The van der Waals surface area contributed by atoms with Gasteiger partial charge in [0.2, 0.25) is 0 Å². The molecule has 0 aliphatic rings. The first-order chi connectivity index (χ1) is 16.4. The van der Waals surface area contributed by atoms with Gasteiger partial charge in [0.25, 0.3) is 10.0 Å². The maximum Gasteiger partial charge on any atom is 0.287 e.